The Hall–Kier alpha value is -1.13. The zero-order valence-corrected chi connectivity index (χ0v) is 12.9. The molecule has 116 valence electrons. The molecule has 2 saturated heterocycles. The second kappa shape index (κ2) is 6.75. The van der Waals surface area contributed by atoms with Gasteiger partial charge in [0.15, 0.2) is 0 Å². The lowest BCUT2D eigenvalue weighted by molar-refractivity contribution is 0.273. The molecular weight excluding hydrogens is 265 g/mol. The van der Waals surface area contributed by atoms with Crippen LogP contribution >= 0.6 is 0 Å². The number of halogens is 1. The topological polar surface area (TPSA) is 18.5 Å². The molecule has 1 aromatic carbocycles. The summed E-state index contributed by atoms with van der Waals surface area (Å²) in [6, 6.07) is 6.09. The summed E-state index contributed by atoms with van der Waals surface area (Å²) in [6.07, 6.45) is 3.68. The van der Waals surface area contributed by atoms with Crippen molar-refractivity contribution in [3.8, 4) is 0 Å². The zero-order chi connectivity index (χ0) is 14.7. The van der Waals surface area contributed by atoms with Gasteiger partial charge < -0.3 is 10.2 Å². The van der Waals surface area contributed by atoms with Gasteiger partial charge in [0, 0.05) is 32.2 Å². The van der Waals surface area contributed by atoms with E-state index >= 15 is 0 Å². The van der Waals surface area contributed by atoms with Crippen LogP contribution in [0.1, 0.15) is 31.7 Å². The highest BCUT2D eigenvalue weighted by atomic mass is 19.1. The lowest BCUT2D eigenvalue weighted by atomic mass is 10.1. The monoisotopic (exact) mass is 291 g/mol. The summed E-state index contributed by atoms with van der Waals surface area (Å²) in [4.78, 5) is 4.88. The molecule has 0 aliphatic carbocycles. The van der Waals surface area contributed by atoms with Gasteiger partial charge in [-0.05, 0) is 44.0 Å². The quantitative estimate of drug-likeness (QED) is 0.920. The summed E-state index contributed by atoms with van der Waals surface area (Å²) >= 11 is 0. The molecular formula is C17H26FN3. The molecule has 0 spiro atoms. The number of benzene rings is 1. The molecule has 0 bridgehead atoms. The number of para-hydroxylation sites is 1. The molecule has 1 atom stereocenters. The molecule has 3 nitrogen and oxygen atoms in total. The van der Waals surface area contributed by atoms with E-state index in [9.17, 15) is 4.39 Å². The molecule has 3 rings (SSSR count). The molecule has 4 heteroatoms. The lowest BCUT2D eigenvalue weighted by Gasteiger charge is -2.29. The predicted molar refractivity (Wildman–Crippen MR) is 85.2 cm³/mol. The molecule has 0 saturated carbocycles. The predicted octanol–water partition coefficient (Wildman–Crippen LogP) is 2.61. The molecule has 2 aliphatic heterocycles. The second-order valence-electron chi connectivity index (χ2n) is 6.16. The van der Waals surface area contributed by atoms with Crippen LogP contribution in [0, 0.1) is 5.82 Å². The summed E-state index contributed by atoms with van der Waals surface area (Å²) in [5.74, 6) is -0.0724. The molecule has 2 aliphatic rings. The minimum Gasteiger partial charge on any atom is -0.367 e. The average Bonchev–Trinajstić information content (AvgIpc) is 2.83. The van der Waals surface area contributed by atoms with Gasteiger partial charge >= 0.3 is 0 Å². The van der Waals surface area contributed by atoms with E-state index in [0.29, 0.717) is 6.04 Å². The Labute approximate surface area is 127 Å². The van der Waals surface area contributed by atoms with E-state index in [1.807, 2.05) is 6.07 Å². The number of hydrogen-bond acceptors (Lipinski definition) is 3. The molecule has 2 fully saturated rings. The first-order chi connectivity index (χ1) is 10.3. The van der Waals surface area contributed by atoms with Gasteiger partial charge in [-0.2, -0.15) is 0 Å². The Morgan fingerprint density at radius 3 is 2.95 bits per heavy atom. The van der Waals surface area contributed by atoms with E-state index < -0.39 is 0 Å². The van der Waals surface area contributed by atoms with E-state index in [1.54, 1.807) is 6.07 Å². The molecule has 1 aromatic rings. The van der Waals surface area contributed by atoms with E-state index in [2.05, 4.69) is 28.1 Å². The highest BCUT2D eigenvalue weighted by molar-refractivity contribution is 5.55. The number of nitrogens with one attached hydrogen (secondary N) is 1. The maximum absolute atomic E-state index is 14.5. The van der Waals surface area contributed by atoms with Crippen LogP contribution in [0.25, 0.3) is 0 Å². The number of fused-ring (bicyclic) bond motifs is 1. The molecule has 0 radical (unpaired) electrons. The normalized spacial score (nSPS) is 23.1. The molecule has 1 N–H and O–H groups in total. The van der Waals surface area contributed by atoms with Crippen molar-refractivity contribution in [2.24, 2.45) is 0 Å². The third-order valence-corrected chi connectivity index (χ3v) is 4.76. The lowest BCUT2D eigenvalue weighted by Crippen LogP contribution is -2.37. The van der Waals surface area contributed by atoms with Gasteiger partial charge in [-0.1, -0.05) is 19.1 Å². The van der Waals surface area contributed by atoms with Crippen molar-refractivity contribution in [2.75, 3.05) is 37.6 Å². The van der Waals surface area contributed by atoms with Crippen molar-refractivity contribution in [2.45, 2.75) is 38.8 Å². The molecule has 0 aromatic heterocycles. The van der Waals surface area contributed by atoms with Crippen molar-refractivity contribution in [1.82, 2.24) is 10.2 Å². The van der Waals surface area contributed by atoms with E-state index in [4.69, 9.17) is 0 Å². The van der Waals surface area contributed by atoms with E-state index in [0.717, 1.165) is 50.4 Å². The molecule has 1 unspecified atom stereocenters. The van der Waals surface area contributed by atoms with Gasteiger partial charge in [-0.25, -0.2) is 4.39 Å². The van der Waals surface area contributed by atoms with Gasteiger partial charge in [0.05, 0.1) is 5.69 Å². The van der Waals surface area contributed by atoms with Crippen LogP contribution in [0.15, 0.2) is 18.2 Å². The third kappa shape index (κ3) is 3.22. The Morgan fingerprint density at radius 2 is 2.10 bits per heavy atom. The minimum atomic E-state index is -0.0724. The fourth-order valence-electron chi connectivity index (χ4n) is 3.73. The third-order valence-electron chi connectivity index (χ3n) is 4.76. The van der Waals surface area contributed by atoms with E-state index in [-0.39, 0.29) is 5.82 Å². The maximum atomic E-state index is 14.5. The summed E-state index contributed by atoms with van der Waals surface area (Å²) in [7, 11) is 0. The average molecular weight is 291 g/mol. The molecule has 0 amide bonds. The number of rotatable bonds is 4. The second-order valence-corrected chi connectivity index (χ2v) is 6.16. The Balaban J connectivity index is 1.84. The van der Waals surface area contributed by atoms with Crippen molar-refractivity contribution >= 4 is 5.69 Å². The van der Waals surface area contributed by atoms with Crippen molar-refractivity contribution in [1.29, 1.82) is 0 Å². The van der Waals surface area contributed by atoms with Crippen LogP contribution in [-0.2, 0) is 6.54 Å². The van der Waals surface area contributed by atoms with Crippen LogP contribution in [-0.4, -0.2) is 43.7 Å². The van der Waals surface area contributed by atoms with Gasteiger partial charge in [0.2, 0.25) is 0 Å². The summed E-state index contributed by atoms with van der Waals surface area (Å²) in [5, 5.41) is 3.33. The largest absolute Gasteiger partial charge is 0.367 e. The first-order valence-electron chi connectivity index (χ1n) is 8.26. The SMILES string of the molecule is CCNCc1cccc(F)c1N1CCCN2CCCC2C1. The van der Waals surface area contributed by atoms with Crippen LogP contribution in [0.2, 0.25) is 0 Å². The van der Waals surface area contributed by atoms with Gasteiger partial charge in [-0.15, -0.1) is 0 Å². The summed E-state index contributed by atoms with van der Waals surface area (Å²) in [6.45, 7) is 8.06. The minimum absolute atomic E-state index is 0.0724. The van der Waals surface area contributed by atoms with Crippen molar-refractivity contribution in [3.05, 3.63) is 29.6 Å². The smallest absolute Gasteiger partial charge is 0.146 e. The number of hydrogen-bond donors (Lipinski definition) is 1. The van der Waals surface area contributed by atoms with Gasteiger partial charge in [0.25, 0.3) is 0 Å². The molecule has 21 heavy (non-hydrogen) atoms. The van der Waals surface area contributed by atoms with Crippen molar-refractivity contribution < 1.29 is 4.39 Å². The van der Waals surface area contributed by atoms with Crippen LogP contribution in [0.4, 0.5) is 10.1 Å². The number of nitrogens with zero attached hydrogens (tertiary/aromatic N) is 2. The highest BCUT2D eigenvalue weighted by Crippen LogP contribution is 2.29. The van der Waals surface area contributed by atoms with Crippen LogP contribution < -0.4 is 10.2 Å². The first kappa shape index (κ1) is 14.8. The fourth-order valence-corrected chi connectivity index (χ4v) is 3.73. The summed E-state index contributed by atoms with van der Waals surface area (Å²) in [5.41, 5.74) is 1.91. The summed E-state index contributed by atoms with van der Waals surface area (Å²) < 4.78 is 14.5. The van der Waals surface area contributed by atoms with Crippen molar-refractivity contribution in [3.63, 3.8) is 0 Å². The highest BCUT2D eigenvalue weighted by Gasteiger charge is 2.30. The van der Waals surface area contributed by atoms with E-state index in [1.165, 1.54) is 19.4 Å². The Kier molecular flexibility index (Phi) is 4.76. The maximum Gasteiger partial charge on any atom is 0.146 e. The standard InChI is InChI=1S/C17H26FN3/c1-2-19-12-14-6-3-8-16(18)17(14)21-11-5-10-20-9-4-7-15(20)13-21/h3,6,8,15,19H,2,4-5,7,9-13H2,1H3. The van der Waals surface area contributed by atoms with Gasteiger partial charge in [-0.3, -0.25) is 4.90 Å². The zero-order valence-electron chi connectivity index (χ0n) is 12.9. The Bertz CT molecular complexity index is 477. The van der Waals surface area contributed by atoms with Gasteiger partial charge in [0.1, 0.15) is 5.82 Å². The molecule has 2 heterocycles. The number of anilines is 1. The first-order valence-corrected chi connectivity index (χ1v) is 8.26. The fraction of sp³-hybridized carbons (Fsp3) is 0.647. The van der Waals surface area contributed by atoms with Crippen LogP contribution in [0.3, 0.4) is 0 Å². The Morgan fingerprint density at radius 1 is 1.24 bits per heavy atom. The van der Waals surface area contributed by atoms with Crippen LogP contribution in [0.5, 0.6) is 0 Å².